The molecule has 0 amide bonds. The molecule has 0 N–H and O–H groups in total. The number of carbonyl (C=O) groups is 1. The Kier molecular flexibility index (Phi) is 3.14. The van der Waals surface area contributed by atoms with Gasteiger partial charge in [-0.05, 0) is 12.1 Å². The zero-order chi connectivity index (χ0) is 10.6. The highest BCUT2D eigenvalue weighted by molar-refractivity contribution is 5.73. The minimum Gasteiger partial charge on any atom is -0.425 e. The van der Waals surface area contributed by atoms with Crippen molar-refractivity contribution in [2.45, 2.75) is 0 Å². The number of ether oxygens (including phenoxy) is 1. The molecule has 1 aromatic rings. The van der Waals surface area contributed by atoms with Gasteiger partial charge in [-0.25, -0.2) is 9.90 Å². The van der Waals surface area contributed by atoms with Crippen molar-refractivity contribution in [2.24, 2.45) is 0 Å². The summed E-state index contributed by atoms with van der Waals surface area (Å²) in [6.45, 7) is -0.975. The number of hydrogen-bond donors (Lipinski definition) is 0. The van der Waals surface area contributed by atoms with Gasteiger partial charge in [0.15, 0.2) is 6.61 Å². The fraction of sp³-hybridized carbons (Fsp3) is 0.125. The lowest BCUT2D eigenvalue weighted by molar-refractivity contribution is -0.384. The molecule has 0 aliphatic carbocycles. The van der Waals surface area contributed by atoms with Crippen molar-refractivity contribution in [1.29, 1.82) is 0 Å². The molecule has 1 rings (SSSR count). The SMILES string of the molecule is [O]CC(=O)Oc1ccc([N+](=O)[O-])cc1. The minimum atomic E-state index is -0.975. The number of esters is 1. The summed E-state index contributed by atoms with van der Waals surface area (Å²) in [7, 11) is 0. The van der Waals surface area contributed by atoms with E-state index >= 15 is 0 Å². The maximum atomic E-state index is 10.5. The molecular weight excluding hydrogens is 190 g/mol. The zero-order valence-electron chi connectivity index (χ0n) is 7.00. The standard InChI is InChI=1S/C8H6NO5/c10-5-8(11)14-7-3-1-6(2-4-7)9(12)13/h1-4H,5H2. The van der Waals surface area contributed by atoms with E-state index in [1.807, 2.05) is 0 Å². The second-order valence-corrected chi connectivity index (χ2v) is 2.37. The van der Waals surface area contributed by atoms with Crippen LogP contribution in [0.4, 0.5) is 5.69 Å². The summed E-state index contributed by atoms with van der Waals surface area (Å²) in [5.74, 6) is -0.796. The van der Waals surface area contributed by atoms with Gasteiger partial charge in [0.1, 0.15) is 5.75 Å². The predicted molar refractivity (Wildman–Crippen MR) is 44.3 cm³/mol. The van der Waals surface area contributed by atoms with Crippen LogP contribution in [0.15, 0.2) is 24.3 Å². The molecule has 14 heavy (non-hydrogen) atoms. The Labute approximate surface area is 78.9 Å². The minimum absolute atomic E-state index is 0.105. The Morgan fingerprint density at radius 3 is 2.36 bits per heavy atom. The number of rotatable bonds is 3. The summed E-state index contributed by atoms with van der Waals surface area (Å²) in [4.78, 5) is 20.2. The van der Waals surface area contributed by atoms with Crippen LogP contribution in [0.5, 0.6) is 5.75 Å². The van der Waals surface area contributed by atoms with Crippen LogP contribution in [0.3, 0.4) is 0 Å². The van der Waals surface area contributed by atoms with Crippen molar-refractivity contribution in [1.82, 2.24) is 0 Å². The molecule has 0 spiro atoms. The van der Waals surface area contributed by atoms with Crippen molar-refractivity contribution in [3.8, 4) is 5.75 Å². The number of nitro groups is 1. The van der Waals surface area contributed by atoms with Gasteiger partial charge in [-0.3, -0.25) is 10.1 Å². The second kappa shape index (κ2) is 4.33. The molecule has 6 heteroatoms. The zero-order valence-corrected chi connectivity index (χ0v) is 7.00. The molecule has 0 heterocycles. The van der Waals surface area contributed by atoms with Crippen LogP contribution >= 0.6 is 0 Å². The summed E-state index contributed by atoms with van der Waals surface area (Å²) in [6, 6.07) is 4.89. The number of nitro benzene ring substituents is 1. The molecule has 1 aromatic carbocycles. The van der Waals surface area contributed by atoms with Gasteiger partial charge >= 0.3 is 5.97 Å². The number of benzene rings is 1. The lowest BCUT2D eigenvalue weighted by Gasteiger charge is -1.99. The Balaban J connectivity index is 2.73. The first-order valence-electron chi connectivity index (χ1n) is 3.66. The van der Waals surface area contributed by atoms with Crippen molar-refractivity contribution >= 4 is 11.7 Å². The van der Waals surface area contributed by atoms with Crippen molar-refractivity contribution in [2.75, 3.05) is 6.61 Å². The molecule has 0 unspecified atom stereocenters. The Hall–Kier alpha value is -1.95. The van der Waals surface area contributed by atoms with Gasteiger partial charge in [0, 0.05) is 12.1 Å². The van der Waals surface area contributed by atoms with Crippen LogP contribution in [0.25, 0.3) is 0 Å². The first-order chi connectivity index (χ1) is 6.63. The predicted octanol–water partition coefficient (Wildman–Crippen LogP) is 0.931. The summed E-state index contributed by atoms with van der Waals surface area (Å²) >= 11 is 0. The van der Waals surface area contributed by atoms with Gasteiger partial charge in [0.25, 0.3) is 5.69 Å². The first kappa shape index (κ1) is 10.1. The molecule has 0 saturated carbocycles. The van der Waals surface area contributed by atoms with Gasteiger partial charge in [-0.1, -0.05) is 0 Å². The van der Waals surface area contributed by atoms with Crippen molar-refractivity contribution < 1.29 is 19.6 Å². The molecule has 0 aromatic heterocycles. The Morgan fingerprint density at radius 2 is 1.93 bits per heavy atom. The molecular formula is C8H6NO5. The average molecular weight is 196 g/mol. The lowest BCUT2D eigenvalue weighted by Crippen LogP contribution is -2.11. The third kappa shape index (κ3) is 2.53. The fourth-order valence-corrected chi connectivity index (χ4v) is 0.797. The molecule has 6 nitrogen and oxygen atoms in total. The molecule has 0 saturated heterocycles. The summed E-state index contributed by atoms with van der Waals surface area (Å²) in [6.07, 6.45) is 0. The van der Waals surface area contributed by atoms with Crippen LogP contribution in [0.1, 0.15) is 0 Å². The quantitative estimate of drug-likeness (QED) is 0.311. The highest BCUT2D eigenvalue weighted by atomic mass is 16.6. The van der Waals surface area contributed by atoms with Gasteiger partial charge in [0.2, 0.25) is 0 Å². The van der Waals surface area contributed by atoms with Crippen LogP contribution < -0.4 is 4.74 Å². The lowest BCUT2D eigenvalue weighted by atomic mass is 10.3. The molecule has 0 bridgehead atoms. The van der Waals surface area contributed by atoms with Crippen LogP contribution in [-0.4, -0.2) is 17.5 Å². The van der Waals surface area contributed by atoms with Gasteiger partial charge < -0.3 is 4.74 Å². The molecule has 1 radical (unpaired) electrons. The van der Waals surface area contributed by atoms with E-state index in [2.05, 4.69) is 4.74 Å². The third-order valence-corrected chi connectivity index (χ3v) is 1.40. The third-order valence-electron chi connectivity index (χ3n) is 1.40. The Morgan fingerprint density at radius 1 is 1.36 bits per heavy atom. The van der Waals surface area contributed by atoms with Crippen LogP contribution in [0, 0.1) is 10.1 Å². The highest BCUT2D eigenvalue weighted by Crippen LogP contribution is 2.17. The van der Waals surface area contributed by atoms with E-state index in [0.717, 1.165) is 0 Å². The summed E-state index contributed by atoms with van der Waals surface area (Å²) < 4.78 is 4.52. The van der Waals surface area contributed by atoms with E-state index in [9.17, 15) is 20.0 Å². The maximum Gasteiger partial charge on any atom is 0.340 e. The monoisotopic (exact) mass is 196 g/mol. The largest absolute Gasteiger partial charge is 0.425 e. The molecule has 0 aliphatic rings. The van der Waals surface area contributed by atoms with E-state index in [1.54, 1.807) is 0 Å². The van der Waals surface area contributed by atoms with Gasteiger partial charge in [0.05, 0.1) is 4.92 Å². The van der Waals surface area contributed by atoms with Crippen molar-refractivity contribution in [3.05, 3.63) is 34.4 Å². The second-order valence-electron chi connectivity index (χ2n) is 2.37. The normalized spacial score (nSPS) is 9.50. The molecule has 0 fully saturated rings. The van der Waals surface area contributed by atoms with Gasteiger partial charge in [-0.15, -0.1) is 0 Å². The molecule has 0 aliphatic heterocycles. The van der Waals surface area contributed by atoms with E-state index in [4.69, 9.17) is 0 Å². The van der Waals surface area contributed by atoms with E-state index < -0.39 is 17.5 Å². The topological polar surface area (TPSA) is 89.3 Å². The highest BCUT2D eigenvalue weighted by Gasteiger charge is 2.07. The molecule has 0 atom stereocenters. The number of nitrogens with zero attached hydrogens (tertiary/aromatic N) is 1. The first-order valence-corrected chi connectivity index (χ1v) is 3.66. The number of carbonyl (C=O) groups excluding carboxylic acids is 1. The van der Waals surface area contributed by atoms with Gasteiger partial charge in [-0.2, -0.15) is 0 Å². The number of hydrogen-bond acceptors (Lipinski definition) is 4. The van der Waals surface area contributed by atoms with Crippen LogP contribution in [-0.2, 0) is 9.90 Å². The van der Waals surface area contributed by atoms with E-state index in [1.165, 1.54) is 24.3 Å². The smallest absolute Gasteiger partial charge is 0.340 e. The van der Waals surface area contributed by atoms with E-state index in [0.29, 0.717) is 0 Å². The maximum absolute atomic E-state index is 10.5. The number of non-ortho nitro benzene ring substituents is 1. The van der Waals surface area contributed by atoms with E-state index in [-0.39, 0.29) is 11.4 Å². The molecule has 73 valence electrons. The Bertz CT molecular complexity index is 345. The summed E-state index contributed by atoms with van der Waals surface area (Å²) in [5, 5.41) is 20.3. The van der Waals surface area contributed by atoms with Crippen LogP contribution in [0.2, 0.25) is 0 Å². The summed E-state index contributed by atoms with van der Waals surface area (Å²) in [5.41, 5.74) is -0.105. The van der Waals surface area contributed by atoms with Crippen molar-refractivity contribution in [3.63, 3.8) is 0 Å². The average Bonchev–Trinajstić information content (AvgIpc) is 2.18. The fourth-order valence-electron chi connectivity index (χ4n) is 0.797.